The van der Waals surface area contributed by atoms with Crippen LogP contribution in [0, 0.1) is 17.0 Å². The summed E-state index contributed by atoms with van der Waals surface area (Å²) in [7, 11) is 0. The smallest absolute Gasteiger partial charge is 0.290 e. The van der Waals surface area contributed by atoms with Crippen molar-refractivity contribution in [3.63, 3.8) is 0 Å². The van der Waals surface area contributed by atoms with E-state index >= 15 is 0 Å². The van der Waals surface area contributed by atoms with Crippen molar-refractivity contribution in [1.82, 2.24) is 4.98 Å². The average Bonchev–Trinajstić information content (AvgIpc) is 2.45. The van der Waals surface area contributed by atoms with Gasteiger partial charge in [-0.05, 0) is 24.1 Å². The number of aromatic nitrogens is 1. The summed E-state index contributed by atoms with van der Waals surface area (Å²) in [5.74, 6) is 0.586. The molecule has 104 valence electrons. The zero-order valence-corrected chi connectivity index (χ0v) is 11.0. The lowest BCUT2D eigenvalue weighted by atomic mass is 10.1. The first-order valence-corrected chi connectivity index (χ1v) is 6.13. The SMILES string of the molecule is Cc1cc(NCc2cccc(CO)c2)ncc1[N+](=O)[O-]. The van der Waals surface area contributed by atoms with Crippen molar-refractivity contribution in [2.45, 2.75) is 20.1 Å². The van der Waals surface area contributed by atoms with E-state index in [2.05, 4.69) is 10.3 Å². The van der Waals surface area contributed by atoms with Crippen LogP contribution in [0.1, 0.15) is 16.7 Å². The molecule has 0 spiro atoms. The van der Waals surface area contributed by atoms with Crippen LogP contribution in [0.2, 0.25) is 0 Å². The molecule has 0 aliphatic heterocycles. The summed E-state index contributed by atoms with van der Waals surface area (Å²) in [4.78, 5) is 14.3. The molecule has 1 aromatic heterocycles. The Morgan fingerprint density at radius 2 is 2.10 bits per heavy atom. The highest BCUT2D eigenvalue weighted by Crippen LogP contribution is 2.19. The highest BCUT2D eigenvalue weighted by molar-refractivity contribution is 5.47. The Kier molecular flexibility index (Phi) is 4.27. The van der Waals surface area contributed by atoms with Crippen molar-refractivity contribution < 1.29 is 10.0 Å². The van der Waals surface area contributed by atoms with Crippen LogP contribution in [-0.2, 0) is 13.2 Å². The highest BCUT2D eigenvalue weighted by Gasteiger charge is 2.11. The quantitative estimate of drug-likeness (QED) is 0.645. The second-order valence-electron chi connectivity index (χ2n) is 4.44. The van der Waals surface area contributed by atoms with Gasteiger partial charge >= 0.3 is 0 Å². The fraction of sp³-hybridized carbons (Fsp3) is 0.214. The van der Waals surface area contributed by atoms with E-state index in [0.717, 1.165) is 11.1 Å². The Bertz CT molecular complexity index is 629. The molecular formula is C14H15N3O3. The number of nitrogens with zero attached hydrogens (tertiary/aromatic N) is 2. The van der Waals surface area contributed by atoms with Crippen LogP contribution < -0.4 is 5.32 Å². The first kappa shape index (κ1) is 14.0. The van der Waals surface area contributed by atoms with Gasteiger partial charge in [0.15, 0.2) is 0 Å². The van der Waals surface area contributed by atoms with Crippen LogP contribution in [0.25, 0.3) is 0 Å². The van der Waals surface area contributed by atoms with Crippen molar-refractivity contribution in [3.8, 4) is 0 Å². The molecule has 1 aromatic carbocycles. The number of aliphatic hydroxyl groups is 1. The van der Waals surface area contributed by atoms with Gasteiger partial charge < -0.3 is 10.4 Å². The van der Waals surface area contributed by atoms with Crippen LogP contribution in [0.4, 0.5) is 11.5 Å². The van der Waals surface area contributed by atoms with Gasteiger partial charge in [-0.1, -0.05) is 24.3 Å². The monoisotopic (exact) mass is 273 g/mol. The predicted octanol–water partition coefficient (Wildman–Crippen LogP) is 2.40. The van der Waals surface area contributed by atoms with E-state index in [1.165, 1.54) is 6.20 Å². The molecule has 0 atom stereocenters. The molecule has 6 nitrogen and oxygen atoms in total. The average molecular weight is 273 g/mol. The van der Waals surface area contributed by atoms with E-state index in [1.54, 1.807) is 13.0 Å². The van der Waals surface area contributed by atoms with Crippen molar-refractivity contribution in [2.24, 2.45) is 0 Å². The molecule has 2 aromatic rings. The van der Waals surface area contributed by atoms with Crippen LogP contribution in [-0.4, -0.2) is 15.0 Å². The number of aryl methyl sites for hydroxylation is 1. The standard InChI is InChI=1S/C14H15N3O3/c1-10-5-14(16-8-13(10)17(19)20)15-7-11-3-2-4-12(6-11)9-18/h2-6,8,18H,7,9H2,1H3,(H,15,16). The summed E-state index contributed by atoms with van der Waals surface area (Å²) in [5.41, 5.74) is 2.43. The maximum Gasteiger partial charge on any atom is 0.290 e. The van der Waals surface area contributed by atoms with Crippen LogP contribution in [0.15, 0.2) is 36.5 Å². The molecule has 0 unspecified atom stereocenters. The zero-order valence-electron chi connectivity index (χ0n) is 11.0. The molecular weight excluding hydrogens is 258 g/mol. The third kappa shape index (κ3) is 3.30. The van der Waals surface area contributed by atoms with E-state index in [9.17, 15) is 10.1 Å². The molecule has 0 fully saturated rings. The molecule has 1 heterocycles. The predicted molar refractivity (Wildman–Crippen MR) is 75.3 cm³/mol. The molecule has 0 aliphatic carbocycles. The van der Waals surface area contributed by atoms with Gasteiger partial charge in [0.05, 0.1) is 11.5 Å². The summed E-state index contributed by atoms with van der Waals surface area (Å²) in [5, 5.41) is 22.9. The molecule has 0 saturated carbocycles. The maximum atomic E-state index is 10.7. The number of aliphatic hydroxyl groups excluding tert-OH is 1. The molecule has 0 radical (unpaired) electrons. The Morgan fingerprint density at radius 1 is 1.35 bits per heavy atom. The lowest BCUT2D eigenvalue weighted by molar-refractivity contribution is -0.385. The van der Waals surface area contributed by atoms with Crippen molar-refractivity contribution in [3.05, 3.63) is 63.3 Å². The topological polar surface area (TPSA) is 88.3 Å². The fourth-order valence-corrected chi connectivity index (χ4v) is 1.87. The van der Waals surface area contributed by atoms with Gasteiger partial charge in [-0.15, -0.1) is 0 Å². The summed E-state index contributed by atoms with van der Waals surface area (Å²) in [6, 6.07) is 9.19. The number of hydrogen-bond donors (Lipinski definition) is 2. The molecule has 0 amide bonds. The van der Waals surface area contributed by atoms with Crippen LogP contribution in [0.3, 0.4) is 0 Å². The Hall–Kier alpha value is -2.47. The Morgan fingerprint density at radius 3 is 2.75 bits per heavy atom. The Labute approximate surface area is 116 Å². The second-order valence-corrected chi connectivity index (χ2v) is 4.44. The van der Waals surface area contributed by atoms with Gasteiger partial charge in [0.1, 0.15) is 12.0 Å². The zero-order chi connectivity index (χ0) is 14.5. The minimum absolute atomic E-state index is 0.00271. The number of nitrogens with one attached hydrogen (secondary N) is 1. The Balaban J connectivity index is 2.07. The molecule has 20 heavy (non-hydrogen) atoms. The van der Waals surface area contributed by atoms with Crippen molar-refractivity contribution in [1.29, 1.82) is 0 Å². The number of rotatable bonds is 5. The van der Waals surface area contributed by atoms with Gasteiger partial charge in [0.2, 0.25) is 0 Å². The minimum Gasteiger partial charge on any atom is -0.392 e. The molecule has 0 bridgehead atoms. The largest absolute Gasteiger partial charge is 0.392 e. The lowest BCUT2D eigenvalue weighted by Crippen LogP contribution is -2.03. The van der Waals surface area contributed by atoms with Gasteiger partial charge in [-0.3, -0.25) is 10.1 Å². The molecule has 2 N–H and O–H groups in total. The third-order valence-electron chi connectivity index (χ3n) is 2.93. The molecule has 6 heteroatoms. The third-order valence-corrected chi connectivity index (χ3v) is 2.93. The van der Waals surface area contributed by atoms with E-state index in [1.807, 2.05) is 24.3 Å². The van der Waals surface area contributed by atoms with E-state index in [4.69, 9.17) is 5.11 Å². The van der Waals surface area contributed by atoms with Gasteiger partial charge in [0, 0.05) is 12.1 Å². The first-order valence-electron chi connectivity index (χ1n) is 6.13. The number of pyridine rings is 1. The summed E-state index contributed by atoms with van der Waals surface area (Å²) in [6.07, 6.45) is 1.25. The number of hydrogen-bond acceptors (Lipinski definition) is 5. The fourth-order valence-electron chi connectivity index (χ4n) is 1.87. The van der Waals surface area contributed by atoms with Crippen LogP contribution in [0.5, 0.6) is 0 Å². The van der Waals surface area contributed by atoms with Crippen molar-refractivity contribution >= 4 is 11.5 Å². The number of anilines is 1. The molecule has 0 saturated heterocycles. The van der Waals surface area contributed by atoms with Crippen molar-refractivity contribution in [2.75, 3.05) is 5.32 Å². The number of nitro groups is 1. The van der Waals surface area contributed by atoms with Crippen LogP contribution >= 0.6 is 0 Å². The minimum atomic E-state index is -0.448. The lowest BCUT2D eigenvalue weighted by Gasteiger charge is -2.07. The van der Waals surface area contributed by atoms with Gasteiger partial charge in [-0.2, -0.15) is 0 Å². The molecule has 0 aliphatic rings. The van der Waals surface area contributed by atoms with E-state index in [0.29, 0.717) is 17.9 Å². The highest BCUT2D eigenvalue weighted by atomic mass is 16.6. The first-order chi connectivity index (χ1) is 9.60. The summed E-state index contributed by atoms with van der Waals surface area (Å²) < 4.78 is 0. The van der Waals surface area contributed by atoms with Gasteiger partial charge in [-0.25, -0.2) is 4.98 Å². The van der Waals surface area contributed by atoms with Gasteiger partial charge in [0.25, 0.3) is 5.69 Å². The summed E-state index contributed by atoms with van der Waals surface area (Å²) in [6.45, 7) is 2.22. The second kappa shape index (κ2) is 6.12. The van der Waals surface area contributed by atoms with E-state index < -0.39 is 4.92 Å². The normalized spacial score (nSPS) is 10.3. The molecule has 2 rings (SSSR count). The maximum absolute atomic E-state index is 10.7. The van der Waals surface area contributed by atoms with E-state index in [-0.39, 0.29) is 12.3 Å². The summed E-state index contributed by atoms with van der Waals surface area (Å²) >= 11 is 0. The number of benzene rings is 1.